The molecule has 0 saturated carbocycles. The van der Waals surface area contributed by atoms with Crippen LogP contribution in [-0.4, -0.2) is 22.8 Å². The van der Waals surface area contributed by atoms with E-state index in [0.29, 0.717) is 24.0 Å². The first-order valence-electron chi connectivity index (χ1n) is 10.9. The Morgan fingerprint density at radius 1 is 0.867 bits per heavy atom. The average molecular weight is 411 g/mol. The van der Waals surface area contributed by atoms with Gasteiger partial charge < -0.3 is 5.11 Å². The molecule has 1 unspecified atom stereocenters. The zero-order valence-electron chi connectivity index (χ0n) is 19.5. The Balaban J connectivity index is 2.44. The van der Waals surface area contributed by atoms with E-state index in [9.17, 15) is 14.7 Å². The van der Waals surface area contributed by atoms with Gasteiger partial charge in [0.15, 0.2) is 11.6 Å². The van der Waals surface area contributed by atoms with E-state index in [-0.39, 0.29) is 11.6 Å². The zero-order valence-corrected chi connectivity index (χ0v) is 19.5. The minimum absolute atomic E-state index is 0.0647. The lowest BCUT2D eigenvalue weighted by Gasteiger charge is -2.09. The van der Waals surface area contributed by atoms with Gasteiger partial charge in [0.1, 0.15) is 0 Å². The Hall–Kier alpha value is -2.26. The molecular weight excluding hydrogens is 372 g/mol. The standard InChI is InChI=1S/C27H38O3/c1-19(2)9-7-11-21(4)15-25(28)16-22(5)12-8-10-20(3)13-14-24-18-26(29)23(6)17-27(24)30/h9,12-13,15,17-18,25,28H,7-8,10-11,14,16H2,1-6H3/b20-13+,21-15+,22-12+. The lowest BCUT2D eigenvalue weighted by Crippen LogP contribution is -2.11. The van der Waals surface area contributed by atoms with E-state index >= 15 is 0 Å². The third kappa shape index (κ3) is 10.5. The number of allylic oxidation sites excluding steroid dienone is 10. The average Bonchev–Trinajstić information content (AvgIpc) is 2.63. The van der Waals surface area contributed by atoms with Crippen LogP contribution in [0.3, 0.4) is 0 Å². The van der Waals surface area contributed by atoms with Gasteiger partial charge in [0, 0.05) is 11.1 Å². The largest absolute Gasteiger partial charge is 0.389 e. The number of aliphatic hydroxyl groups excluding tert-OH is 1. The lowest BCUT2D eigenvalue weighted by atomic mass is 9.95. The molecule has 30 heavy (non-hydrogen) atoms. The summed E-state index contributed by atoms with van der Waals surface area (Å²) in [5.41, 5.74) is 5.99. The van der Waals surface area contributed by atoms with Crippen LogP contribution >= 0.6 is 0 Å². The monoisotopic (exact) mass is 410 g/mol. The summed E-state index contributed by atoms with van der Waals surface area (Å²) in [5, 5.41) is 10.3. The molecule has 1 atom stereocenters. The van der Waals surface area contributed by atoms with Crippen molar-refractivity contribution in [2.75, 3.05) is 0 Å². The molecule has 1 aliphatic carbocycles. The lowest BCUT2D eigenvalue weighted by molar-refractivity contribution is -0.115. The van der Waals surface area contributed by atoms with Crippen molar-refractivity contribution in [1.82, 2.24) is 0 Å². The van der Waals surface area contributed by atoms with Crippen molar-refractivity contribution in [3.8, 4) is 0 Å². The number of hydrogen-bond donors (Lipinski definition) is 1. The summed E-state index contributed by atoms with van der Waals surface area (Å²) in [7, 11) is 0. The summed E-state index contributed by atoms with van der Waals surface area (Å²) in [4.78, 5) is 23.7. The molecule has 164 valence electrons. The van der Waals surface area contributed by atoms with Gasteiger partial charge in [-0.15, -0.1) is 0 Å². The zero-order chi connectivity index (χ0) is 22.7. The fourth-order valence-electron chi connectivity index (χ4n) is 3.27. The van der Waals surface area contributed by atoms with Gasteiger partial charge >= 0.3 is 0 Å². The van der Waals surface area contributed by atoms with Crippen molar-refractivity contribution < 1.29 is 14.7 Å². The molecule has 3 nitrogen and oxygen atoms in total. The van der Waals surface area contributed by atoms with Crippen LogP contribution in [0, 0.1) is 0 Å². The molecule has 0 spiro atoms. The molecule has 3 heteroatoms. The van der Waals surface area contributed by atoms with Crippen LogP contribution in [0.25, 0.3) is 0 Å². The van der Waals surface area contributed by atoms with E-state index in [0.717, 1.165) is 25.7 Å². The molecule has 0 saturated heterocycles. The van der Waals surface area contributed by atoms with Gasteiger partial charge in [-0.1, -0.05) is 46.6 Å². The quantitative estimate of drug-likeness (QED) is 0.312. The Morgan fingerprint density at radius 3 is 2.17 bits per heavy atom. The summed E-state index contributed by atoms with van der Waals surface area (Å²) in [5.74, 6) is -0.140. The summed E-state index contributed by atoms with van der Waals surface area (Å²) < 4.78 is 0. The molecular formula is C27H38O3. The topological polar surface area (TPSA) is 54.4 Å². The second-order valence-electron chi connectivity index (χ2n) is 8.67. The predicted octanol–water partition coefficient (Wildman–Crippen LogP) is 6.52. The first-order valence-corrected chi connectivity index (χ1v) is 10.9. The fraction of sp³-hybridized carbons (Fsp3) is 0.481. The highest BCUT2D eigenvalue weighted by molar-refractivity contribution is 6.19. The van der Waals surface area contributed by atoms with E-state index in [1.807, 2.05) is 19.1 Å². The first-order chi connectivity index (χ1) is 14.1. The molecule has 0 amide bonds. The normalized spacial score (nSPS) is 17.0. The highest BCUT2D eigenvalue weighted by Gasteiger charge is 2.16. The van der Waals surface area contributed by atoms with Gasteiger partial charge in [-0.3, -0.25) is 9.59 Å². The molecule has 0 bridgehead atoms. The number of rotatable bonds is 11. The molecule has 0 aliphatic heterocycles. The second kappa shape index (κ2) is 13.1. The Labute approximate surface area is 182 Å². The van der Waals surface area contributed by atoms with E-state index in [1.54, 1.807) is 6.92 Å². The van der Waals surface area contributed by atoms with Crippen molar-refractivity contribution in [2.24, 2.45) is 0 Å². The predicted molar refractivity (Wildman–Crippen MR) is 126 cm³/mol. The van der Waals surface area contributed by atoms with E-state index in [4.69, 9.17) is 0 Å². The minimum Gasteiger partial charge on any atom is -0.389 e. The number of ketones is 2. The maximum absolute atomic E-state index is 12.0. The van der Waals surface area contributed by atoms with Crippen molar-refractivity contribution in [1.29, 1.82) is 0 Å². The third-order valence-electron chi connectivity index (χ3n) is 5.16. The van der Waals surface area contributed by atoms with Crippen LogP contribution in [0.15, 0.2) is 69.9 Å². The van der Waals surface area contributed by atoms with Crippen LogP contribution in [0.2, 0.25) is 0 Å². The number of hydrogen-bond acceptors (Lipinski definition) is 3. The molecule has 0 radical (unpaired) electrons. The van der Waals surface area contributed by atoms with Crippen LogP contribution in [0.5, 0.6) is 0 Å². The molecule has 0 aromatic rings. The fourth-order valence-corrected chi connectivity index (χ4v) is 3.27. The Bertz CT molecular complexity index is 809. The molecule has 0 fully saturated rings. The van der Waals surface area contributed by atoms with Crippen molar-refractivity contribution >= 4 is 11.6 Å². The number of aliphatic hydroxyl groups is 1. The molecule has 1 rings (SSSR count). The number of carbonyl (C=O) groups is 2. The Morgan fingerprint density at radius 2 is 1.50 bits per heavy atom. The summed E-state index contributed by atoms with van der Waals surface area (Å²) in [6.07, 6.45) is 15.8. The van der Waals surface area contributed by atoms with Gasteiger partial charge in [-0.05, 0) is 92.2 Å². The molecule has 1 N–H and O–H groups in total. The van der Waals surface area contributed by atoms with Gasteiger partial charge in [0.05, 0.1) is 6.10 Å². The maximum atomic E-state index is 12.0. The molecule has 1 aliphatic rings. The highest BCUT2D eigenvalue weighted by Crippen LogP contribution is 2.18. The van der Waals surface area contributed by atoms with Gasteiger partial charge in [0.25, 0.3) is 0 Å². The first kappa shape index (κ1) is 25.8. The van der Waals surface area contributed by atoms with Crippen molar-refractivity contribution in [3.63, 3.8) is 0 Å². The Kier molecular flexibility index (Phi) is 11.3. The molecule has 0 aromatic carbocycles. The summed E-state index contributed by atoms with van der Waals surface area (Å²) in [6.45, 7) is 12.1. The van der Waals surface area contributed by atoms with Crippen LogP contribution in [0.1, 0.15) is 80.1 Å². The molecule has 0 heterocycles. The van der Waals surface area contributed by atoms with E-state index in [2.05, 4.69) is 39.8 Å². The second-order valence-corrected chi connectivity index (χ2v) is 8.67. The van der Waals surface area contributed by atoms with E-state index in [1.165, 1.54) is 34.4 Å². The van der Waals surface area contributed by atoms with Crippen LogP contribution < -0.4 is 0 Å². The van der Waals surface area contributed by atoms with Crippen molar-refractivity contribution in [3.05, 3.63) is 69.9 Å². The van der Waals surface area contributed by atoms with Crippen molar-refractivity contribution in [2.45, 2.75) is 86.2 Å². The highest BCUT2D eigenvalue weighted by atomic mass is 16.3. The molecule has 0 aromatic heterocycles. The maximum Gasteiger partial charge on any atom is 0.182 e. The van der Waals surface area contributed by atoms with Gasteiger partial charge in [-0.25, -0.2) is 0 Å². The summed E-state index contributed by atoms with van der Waals surface area (Å²) in [6, 6.07) is 0. The van der Waals surface area contributed by atoms with E-state index < -0.39 is 6.10 Å². The summed E-state index contributed by atoms with van der Waals surface area (Å²) >= 11 is 0. The smallest absolute Gasteiger partial charge is 0.182 e. The number of carbonyl (C=O) groups excluding carboxylic acids is 2. The third-order valence-corrected chi connectivity index (χ3v) is 5.16. The van der Waals surface area contributed by atoms with Crippen LogP contribution in [-0.2, 0) is 9.59 Å². The van der Waals surface area contributed by atoms with Gasteiger partial charge in [-0.2, -0.15) is 0 Å². The van der Waals surface area contributed by atoms with Gasteiger partial charge in [0.2, 0.25) is 0 Å². The van der Waals surface area contributed by atoms with Crippen LogP contribution in [0.4, 0.5) is 0 Å². The SMILES string of the molecule is CC(C)=CCC/C(C)=C/C(O)C/C(C)=C/CC/C(C)=C/CC1=CC(=O)C(C)=CC1=O. The minimum atomic E-state index is -0.442.